The van der Waals surface area contributed by atoms with Crippen molar-refractivity contribution in [2.45, 2.75) is 13.8 Å². The summed E-state index contributed by atoms with van der Waals surface area (Å²) in [5.41, 5.74) is 9.20. The number of hydrogen-bond donors (Lipinski definition) is 2. The van der Waals surface area contributed by atoms with E-state index >= 15 is 0 Å². The zero-order valence-electron chi connectivity index (χ0n) is 14.0. The van der Waals surface area contributed by atoms with Crippen LogP contribution >= 0.6 is 11.3 Å². The third kappa shape index (κ3) is 3.46. The molecule has 0 aliphatic rings. The highest BCUT2D eigenvalue weighted by atomic mass is 32.1. The number of rotatable bonds is 4. The highest BCUT2D eigenvalue weighted by Gasteiger charge is 2.23. The van der Waals surface area contributed by atoms with Gasteiger partial charge in [0.05, 0.1) is 5.56 Å². The number of anilines is 1. The average Bonchev–Trinajstić information content (AvgIpc) is 2.91. The third-order valence-corrected chi connectivity index (χ3v) is 4.92. The molecule has 0 aliphatic heterocycles. The summed E-state index contributed by atoms with van der Waals surface area (Å²) in [7, 11) is 0. The normalized spacial score (nSPS) is 10.5. The number of hydrogen-bond acceptors (Lipinski definition) is 3. The molecule has 3 aromatic rings. The summed E-state index contributed by atoms with van der Waals surface area (Å²) in [6, 6.07) is 16.9. The van der Waals surface area contributed by atoms with Crippen LogP contribution in [0.5, 0.6) is 0 Å². The Morgan fingerprint density at radius 1 is 1.00 bits per heavy atom. The summed E-state index contributed by atoms with van der Waals surface area (Å²) in [5.74, 6) is -0.810. The van der Waals surface area contributed by atoms with Gasteiger partial charge in [0.2, 0.25) is 0 Å². The van der Waals surface area contributed by atoms with E-state index in [0.717, 1.165) is 21.6 Å². The Balaban J connectivity index is 2.03. The number of primary amides is 1. The molecule has 1 heterocycles. The first-order valence-corrected chi connectivity index (χ1v) is 8.65. The highest BCUT2D eigenvalue weighted by molar-refractivity contribution is 7.17. The molecule has 0 fully saturated rings. The molecule has 3 N–H and O–H groups in total. The second-order valence-corrected chi connectivity index (χ2v) is 7.02. The summed E-state index contributed by atoms with van der Waals surface area (Å²) in [6.45, 7) is 3.84. The van der Waals surface area contributed by atoms with Crippen molar-refractivity contribution in [3.8, 4) is 11.1 Å². The van der Waals surface area contributed by atoms with Crippen molar-refractivity contribution in [2.75, 3.05) is 5.32 Å². The predicted octanol–water partition coefficient (Wildman–Crippen LogP) is 4.38. The van der Waals surface area contributed by atoms with E-state index in [0.29, 0.717) is 16.1 Å². The van der Waals surface area contributed by atoms with E-state index in [4.69, 9.17) is 5.73 Å². The average molecular weight is 350 g/mol. The number of aryl methyl sites for hydroxylation is 2. The van der Waals surface area contributed by atoms with E-state index in [1.54, 1.807) is 12.1 Å². The minimum absolute atomic E-state index is 0.257. The van der Waals surface area contributed by atoms with Crippen molar-refractivity contribution in [3.63, 3.8) is 0 Å². The molecule has 3 rings (SSSR count). The van der Waals surface area contributed by atoms with Crippen LogP contribution in [-0.4, -0.2) is 11.8 Å². The van der Waals surface area contributed by atoms with Gasteiger partial charge >= 0.3 is 0 Å². The van der Waals surface area contributed by atoms with Crippen LogP contribution in [0.2, 0.25) is 0 Å². The largest absolute Gasteiger partial charge is 0.365 e. The maximum Gasteiger partial charge on any atom is 0.256 e. The standard InChI is InChI=1S/C20H18N2O2S/c1-12-7-6-10-15(11-12)19(24)22-20-17(18(21)23)16(13(2)25-20)14-8-4-3-5-9-14/h3-11H,1-2H3,(H2,21,23)(H,22,24). The van der Waals surface area contributed by atoms with Gasteiger partial charge < -0.3 is 11.1 Å². The summed E-state index contributed by atoms with van der Waals surface area (Å²) >= 11 is 1.36. The molecule has 0 unspecified atom stereocenters. The predicted molar refractivity (Wildman–Crippen MR) is 102 cm³/mol. The minimum atomic E-state index is -0.553. The summed E-state index contributed by atoms with van der Waals surface area (Å²) in [5, 5.41) is 3.33. The number of benzene rings is 2. The van der Waals surface area contributed by atoms with Crippen LogP contribution in [0.1, 0.15) is 31.2 Å². The molecular formula is C20H18N2O2S. The van der Waals surface area contributed by atoms with Crippen molar-refractivity contribution in [1.82, 2.24) is 0 Å². The zero-order chi connectivity index (χ0) is 18.0. The van der Waals surface area contributed by atoms with Crippen molar-refractivity contribution < 1.29 is 9.59 Å². The van der Waals surface area contributed by atoms with Gasteiger partial charge in [0.15, 0.2) is 0 Å². The van der Waals surface area contributed by atoms with Gasteiger partial charge in [-0.2, -0.15) is 0 Å². The number of carbonyl (C=O) groups is 2. The molecule has 0 atom stereocenters. The first kappa shape index (κ1) is 16.9. The molecule has 0 spiro atoms. The molecule has 2 amide bonds. The molecule has 5 heteroatoms. The Labute approximate surface area is 150 Å². The van der Waals surface area contributed by atoms with Crippen LogP contribution in [0.4, 0.5) is 5.00 Å². The maximum absolute atomic E-state index is 12.5. The maximum atomic E-state index is 12.5. The Morgan fingerprint density at radius 3 is 2.36 bits per heavy atom. The third-order valence-electron chi connectivity index (χ3n) is 3.90. The fourth-order valence-corrected chi connectivity index (χ4v) is 3.86. The second kappa shape index (κ2) is 6.91. The van der Waals surface area contributed by atoms with Gasteiger partial charge in [-0.25, -0.2) is 0 Å². The molecule has 126 valence electrons. The Hall–Kier alpha value is -2.92. The van der Waals surface area contributed by atoms with E-state index in [9.17, 15) is 9.59 Å². The first-order chi connectivity index (χ1) is 12.0. The Kier molecular flexibility index (Phi) is 4.67. The SMILES string of the molecule is Cc1cccc(C(=O)Nc2sc(C)c(-c3ccccc3)c2C(N)=O)c1. The van der Waals surface area contributed by atoms with Gasteiger partial charge in [-0.1, -0.05) is 48.0 Å². The summed E-state index contributed by atoms with van der Waals surface area (Å²) in [6.07, 6.45) is 0. The topological polar surface area (TPSA) is 72.2 Å². The molecule has 4 nitrogen and oxygen atoms in total. The Morgan fingerprint density at radius 2 is 1.72 bits per heavy atom. The lowest BCUT2D eigenvalue weighted by atomic mass is 10.0. The lowest BCUT2D eigenvalue weighted by Gasteiger charge is -2.07. The minimum Gasteiger partial charge on any atom is -0.365 e. The molecule has 1 aromatic heterocycles. The molecule has 25 heavy (non-hydrogen) atoms. The zero-order valence-corrected chi connectivity index (χ0v) is 14.8. The van der Waals surface area contributed by atoms with Crippen molar-refractivity contribution in [3.05, 3.63) is 76.2 Å². The lowest BCUT2D eigenvalue weighted by molar-refractivity contribution is 0.100. The fourth-order valence-electron chi connectivity index (χ4n) is 2.78. The van der Waals surface area contributed by atoms with Gasteiger partial charge in [-0.3, -0.25) is 9.59 Å². The van der Waals surface area contributed by atoms with Crippen LogP contribution in [0.25, 0.3) is 11.1 Å². The van der Waals surface area contributed by atoms with Gasteiger partial charge in [-0.15, -0.1) is 11.3 Å². The smallest absolute Gasteiger partial charge is 0.256 e. The van der Waals surface area contributed by atoms with Crippen molar-refractivity contribution in [1.29, 1.82) is 0 Å². The lowest BCUT2D eigenvalue weighted by Crippen LogP contribution is -2.17. The number of nitrogens with one attached hydrogen (secondary N) is 1. The van der Waals surface area contributed by atoms with Gasteiger partial charge in [-0.05, 0) is 31.5 Å². The summed E-state index contributed by atoms with van der Waals surface area (Å²) < 4.78 is 0. The molecule has 0 saturated heterocycles. The van der Waals surface area contributed by atoms with Crippen LogP contribution < -0.4 is 11.1 Å². The van der Waals surface area contributed by atoms with Crippen molar-refractivity contribution >= 4 is 28.2 Å². The second-order valence-electron chi connectivity index (χ2n) is 5.79. The van der Waals surface area contributed by atoms with Crippen LogP contribution in [0.15, 0.2) is 54.6 Å². The molecule has 2 aromatic carbocycles. The van der Waals surface area contributed by atoms with Crippen LogP contribution in [-0.2, 0) is 0 Å². The first-order valence-electron chi connectivity index (χ1n) is 7.84. The molecule has 0 radical (unpaired) electrons. The molecular weight excluding hydrogens is 332 g/mol. The van der Waals surface area contributed by atoms with Crippen LogP contribution in [0, 0.1) is 13.8 Å². The van der Waals surface area contributed by atoms with Gasteiger partial charge in [0.25, 0.3) is 11.8 Å². The monoisotopic (exact) mass is 350 g/mol. The fraction of sp³-hybridized carbons (Fsp3) is 0.100. The summed E-state index contributed by atoms with van der Waals surface area (Å²) in [4.78, 5) is 25.6. The highest BCUT2D eigenvalue weighted by Crippen LogP contribution is 2.39. The number of amides is 2. The molecule has 0 bridgehead atoms. The quantitative estimate of drug-likeness (QED) is 0.733. The van der Waals surface area contributed by atoms with E-state index < -0.39 is 5.91 Å². The van der Waals surface area contributed by atoms with Gasteiger partial charge in [0, 0.05) is 16.0 Å². The number of nitrogens with two attached hydrogens (primary N) is 1. The van der Waals surface area contributed by atoms with E-state index in [1.165, 1.54) is 11.3 Å². The Bertz CT molecular complexity index is 946. The number of carbonyl (C=O) groups excluding carboxylic acids is 2. The molecule has 0 saturated carbocycles. The van der Waals surface area contributed by atoms with Crippen molar-refractivity contribution in [2.24, 2.45) is 5.73 Å². The van der Waals surface area contributed by atoms with E-state index in [2.05, 4.69) is 5.32 Å². The van der Waals surface area contributed by atoms with Gasteiger partial charge in [0.1, 0.15) is 5.00 Å². The van der Waals surface area contributed by atoms with E-state index in [-0.39, 0.29) is 5.91 Å². The van der Waals surface area contributed by atoms with Crippen LogP contribution in [0.3, 0.4) is 0 Å². The number of thiophene rings is 1. The molecule has 0 aliphatic carbocycles. The van der Waals surface area contributed by atoms with E-state index in [1.807, 2.05) is 56.3 Å².